The van der Waals surface area contributed by atoms with Gasteiger partial charge < -0.3 is 15.5 Å². The molecule has 1 heterocycles. The second kappa shape index (κ2) is 2.68. The molecular formula is C9H11NO2. The molecule has 1 aliphatic rings. The Morgan fingerprint density at radius 2 is 2.08 bits per heavy atom. The molecule has 2 rings (SSSR count). The molecule has 0 amide bonds. The third-order valence-electron chi connectivity index (χ3n) is 2.21. The van der Waals surface area contributed by atoms with Gasteiger partial charge in [0, 0.05) is 17.7 Å². The minimum atomic E-state index is 0.107. The summed E-state index contributed by atoms with van der Waals surface area (Å²) in [6.07, 6.45) is 1.05. The number of aromatic hydroxyl groups is 2. The molecule has 1 atom stereocenters. The number of nitrogens with one attached hydrogen (secondary N) is 1. The number of benzene rings is 1. The van der Waals surface area contributed by atoms with Crippen LogP contribution in [0.5, 0.6) is 11.5 Å². The lowest BCUT2D eigenvalue weighted by Gasteiger charge is -2.28. The zero-order valence-electron chi connectivity index (χ0n) is 6.62. The highest BCUT2D eigenvalue weighted by atomic mass is 16.3. The molecule has 1 aromatic carbocycles. The van der Waals surface area contributed by atoms with Crippen molar-refractivity contribution in [1.29, 1.82) is 0 Å². The molecule has 1 saturated heterocycles. The molecule has 0 unspecified atom stereocenters. The number of rotatable bonds is 1. The fourth-order valence-corrected chi connectivity index (χ4v) is 1.38. The Morgan fingerprint density at radius 3 is 2.58 bits per heavy atom. The first-order chi connectivity index (χ1) is 5.77. The van der Waals surface area contributed by atoms with Crippen molar-refractivity contribution >= 4 is 0 Å². The fourth-order valence-electron chi connectivity index (χ4n) is 1.38. The highest BCUT2D eigenvalue weighted by Gasteiger charge is 2.21. The van der Waals surface area contributed by atoms with Gasteiger partial charge in [-0.05, 0) is 19.0 Å². The van der Waals surface area contributed by atoms with Crippen molar-refractivity contribution in [3.05, 3.63) is 23.8 Å². The average Bonchev–Trinajstić information content (AvgIpc) is 1.91. The molecule has 0 spiro atoms. The summed E-state index contributed by atoms with van der Waals surface area (Å²) in [7, 11) is 0. The Hall–Kier alpha value is -1.22. The van der Waals surface area contributed by atoms with Gasteiger partial charge in [-0.15, -0.1) is 0 Å². The van der Waals surface area contributed by atoms with Crippen LogP contribution >= 0.6 is 0 Å². The summed E-state index contributed by atoms with van der Waals surface area (Å²) in [6.45, 7) is 1.00. The predicted octanol–water partition coefficient (Wildman–Crippen LogP) is 1.13. The zero-order chi connectivity index (χ0) is 8.55. The molecule has 1 aromatic rings. The Balaban J connectivity index is 2.31. The lowest BCUT2D eigenvalue weighted by Crippen LogP contribution is -2.34. The van der Waals surface area contributed by atoms with Gasteiger partial charge in [-0.1, -0.05) is 6.07 Å². The summed E-state index contributed by atoms with van der Waals surface area (Å²) in [6, 6.07) is 4.98. The molecule has 12 heavy (non-hydrogen) atoms. The third kappa shape index (κ3) is 1.12. The Kier molecular flexibility index (Phi) is 1.66. The van der Waals surface area contributed by atoms with Crippen LogP contribution in [0.25, 0.3) is 0 Å². The Morgan fingerprint density at radius 1 is 1.33 bits per heavy atom. The second-order valence-electron chi connectivity index (χ2n) is 3.04. The summed E-state index contributed by atoms with van der Waals surface area (Å²) < 4.78 is 0. The van der Waals surface area contributed by atoms with Crippen LogP contribution < -0.4 is 5.32 Å². The maximum atomic E-state index is 9.43. The maximum absolute atomic E-state index is 9.43. The van der Waals surface area contributed by atoms with Crippen molar-refractivity contribution in [3.8, 4) is 11.5 Å². The van der Waals surface area contributed by atoms with Crippen molar-refractivity contribution in [2.45, 2.75) is 12.5 Å². The van der Waals surface area contributed by atoms with E-state index in [1.54, 1.807) is 12.1 Å². The van der Waals surface area contributed by atoms with Crippen LogP contribution in [0.2, 0.25) is 0 Å². The summed E-state index contributed by atoms with van der Waals surface area (Å²) in [5.74, 6) is 0.280. The molecule has 3 N–H and O–H groups in total. The molecule has 1 fully saturated rings. The minimum Gasteiger partial charge on any atom is -0.508 e. The third-order valence-corrected chi connectivity index (χ3v) is 2.21. The Labute approximate surface area is 70.7 Å². The standard InChI is InChI=1S/C9H11NO2/c11-6-1-2-7(9(12)5-6)8-3-4-10-8/h1-2,5,8,10-12H,3-4H2/t8-/m0/s1. The molecule has 64 valence electrons. The molecular weight excluding hydrogens is 154 g/mol. The van der Waals surface area contributed by atoms with E-state index in [-0.39, 0.29) is 17.5 Å². The van der Waals surface area contributed by atoms with E-state index in [9.17, 15) is 5.11 Å². The van der Waals surface area contributed by atoms with E-state index in [1.807, 2.05) is 0 Å². The van der Waals surface area contributed by atoms with Gasteiger partial charge in [0.2, 0.25) is 0 Å². The zero-order valence-corrected chi connectivity index (χ0v) is 6.62. The maximum Gasteiger partial charge on any atom is 0.124 e. The first-order valence-corrected chi connectivity index (χ1v) is 4.02. The van der Waals surface area contributed by atoms with Crippen LogP contribution in [-0.2, 0) is 0 Å². The number of phenols is 2. The molecule has 3 heteroatoms. The second-order valence-corrected chi connectivity index (χ2v) is 3.04. The van der Waals surface area contributed by atoms with E-state index in [0.29, 0.717) is 0 Å². The number of hydrogen-bond donors (Lipinski definition) is 3. The van der Waals surface area contributed by atoms with Crippen LogP contribution in [0.1, 0.15) is 18.0 Å². The molecule has 0 saturated carbocycles. The molecule has 0 aromatic heterocycles. The molecule has 0 bridgehead atoms. The lowest BCUT2D eigenvalue weighted by atomic mass is 9.97. The summed E-state index contributed by atoms with van der Waals surface area (Å²) in [5.41, 5.74) is 0.874. The minimum absolute atomic E-state index is 0.107. The van der Waals surface area contributed by atoms with Gasteiger partial charge in [0.1, 0.15) is 11.5 Å². The molecule has 0 radical (unpaired) electrons. The van der Waals surface area contributed by atoms with Gasteiger partial charge in [-0.3, -0.25) is 0 Å². The highest BCUT2D eigenvalue weighted by molar-refractivity contribution is 5.41. The van der Waals surface area contributed by atoms with E-state index in [2.05, 4.69) is 5.32 Å². The van der Waals surface area contributed by atoms with Crippen molar-refractivity contribution < 1.29 is 10.2 Å². The molecule has 3 nitrogen and oxygen atoms in total. The van der Waals surface area contributed by atoms with E-state index < -0.39 is 0 Å². The summed E-state index contributed by atoms with van der Waals surface area (Å²) >= 11 is 0. The van der Waals surface area contributed by atoms with Crippen molar-refractivity contribution in [3.63, 3.8) is 0 Å². The van der Waals surface area contributed by atoms with Gasteiger partial charge in [-0.25, -0.2) is 0 Å². The van der Waals surface area contributed by atoms with Crippen LogP contribution in [0.4, 0.5) is 0 Å². The van der Waals surface area contributed by atoms with Gasteiger partial charge in [0.05, 0.1) is 0 Å². The molecule has 1 aliphatic heterocycles. The van der Waals surface area contributed by atoms with Gasteiger partial charge in [-0.2, -0.15) is 0 Å². The van der Waals surface area contributed by atoms with Crippen LogP contribution in [0.3, 0.4) is 0 Å². The smallest absolute Gasteiger partial charge is 0.124 e. The topological polar surface area (TPSA) is 52.5 Å². The van der Waals surface area contributed by atoms with E-state index in [1.165, 1.54) is 6.07 Å². The van der Waals surface area contributed by atoms with Gasteiger partial charge in [0.25, 0.3) is 0 Å². The quantitative estimate of drug-likeness (QED) is 0.584. The van der Waals surface area contributed by atoms with E-state index in [4.69, 9.17) is 5.11 Å². The van der Waals surface area contributed by atoms with Crippen molar-refractivity contribution in [1.82, 2.24) is 5.32 Å². The van der Waals surface area contributed by atoms with Crippen LogP contribution in [0.15, 0.2) is 18.2 Å². The highest BCUT2D eigenvalue weighted by Crippen LogP contribution is 2.32. The molecule has 0 aliphatic carbocycles. The fraction of sp³-hybridized carbons (Fsp3) is 0.333. The average molecular weight is 165 g/mol. The van der Waals surface area contributed by atoms with Crippen LogP contribution in [0, 0.1) is 0 Å². The number of hydrogen-bond acceptors (Lipinski definition) is 3. The van der Waals surface area contributed by atoms with Crippen LogP contribution in [-0.4, -0.2) is 16.8 Å². The SMILES string of the molecule is Oc1ccc([C@@H]2CCN2)c(O)c1. The lowest BCUT2D eigenvalue weighted by molar-refractivity contribution is 0.362. The van der Waals surface area contributed by atoms with Crippen molar-refractivity contribution in [2.24, 2.45) is 0 Å². The van der Waals surface area contributed by atoms with E-state index in [0.717, 1.165) is 18.5 Å². The first-order valence-electron chi connectivity index (χ1n) is 4.02. The van der Waals surface area contributed by atoms with Gasteiger partial charge in [0.15, 0.2) is 0 Å². The van der Waals surface area contributed by atoms with Crippen molar-refractivity contribution in [2.75, 3.05) is 6.54 Å². The Bertz CT molecular complexity index is 295. The summed E-state index contributed by atoms with van der Waals surface area (Å²) in [4.78, 5) is 0. The normalized spacial score (nSPS) is 21.8. The summed E-state index contributed by atoms with van der Waals surface area (Å²) in [5, 5.41) is 21.6. The predicted molar refractivity (Wildman–Crippen MR) is 45.1 cm³/mol. The largest absolute Gasteiger partial charge is 0.508 e. The monoisotopic (exact) mass is 165 g/mol. The van der Waals surface area contributed by atoms with Gasteiger partial charge >= 0.3 is 0 Å². The first kappa shape index (κ1) is 7.43. The van der Waals surface area contributed by atoms with E-state index >= 15 is 0 Å². The number of phenolic OH excluding ortho intramolecular Hbond substituents is 2.